The number of aromatic nitrogens is 2. The first-order valence-electron chi connectivity index (χ1n) is 6.35. The highest BCUT2D eigenvalue weighted by Gasteiger charge is 2.14. The number of rotatable bonds is 4. The molecule has 9 heteroatoms. The Hall–Kier alpha value is -3.36. The van der Waals surface area contributed by atoms with Crippen molar-refractivity contribution in [3.05, 3.63) is 59.9 Å². The summed E-state index contributed by atoms with van der Waals surface area (Å²) in [5, 5.41) is 0. The standard InChI is InChI=1S/C14H11FN4O4/c15-10-4-2-1-3-9(10)13(21)19-18-12(20)8-23-14(22)11-7-16-5-6-17-11/h1-7H,8H2,(H,18,20)(H,19,21). The van der Waals surface area contributed by atoms with Crippen LogP contribution in [0.1, 0.15) is 20.8 Å². The molecular weight excluding hydrogens is 307 g/mol. The zero-order valence-electron chi connectivity index (χ0n) is 11.7. The van der Waals surface area contributed by atoms with Crippen LogP contribution in [0.25, 0.3) is 0 Å². The van der Waals surface area contributed by atoms with E-state index in [9.17, 15) is 18.8 Å². The molecule has 0 fully saturated rings. The number of ether oxygens (including phenoxy) is 1. The minimum atomic E-state index is -0.839. The zero-order valence-corrected chi connectivity index (χ0v) is 11.7. The van der Waals surface area contributed by atoms with Crippen LogP contribution in [0.4, 0.5) is 4.39 Å². The molecule has 2 aromatic rings. The molecule has 2 N–H and O–H groups in total. The van der Waals surface area contributed by atoms with Crippen molar-refractivity contribution in [1.29, 1.82) is 0 Å². The van der Waals surface area contributed by atoms with E-state index in [2.05, 4.69) is 14.7 Å². The van der Waals surface area contributed by atoms with Crippen molar-refractivity contribution >= 4 is 17.8 Å². The summed E-state index contributed by atoms with van der Waals surface area (Å²) in [5.74, 6) is -3.20. The highest BCUT2D eigenvalue weighted by molar-refractivity contribution is 5.96. The van der Waals surface area contributed by atoms with E-state index in [4.69, 9.17) is 0 Å². The summed E-state index contributed by atoms with van der Waals surface area (Å²) in [4.78, 5) is 42.0. The van der Waals surface area contributed by atoms with Crippen LogP contribution in [0.5, 0.6) is 0 Å². The molecule has 0 atom stereocenters. The van der Waals surface area contributed by atoms with Gasteiger partial charge in [0.2, 0.25) is 0 Å². The average Bonchev–Trinajstić information content (AvgIpc) is 2.58. The predicted molar refractivity (Wildman–Crippen MR) is 74.3 cm³/mol. The zero-order chi connectivity index (χ0) is 16.7. The summed E-state index contributed by atoms with van der Waals surface area (Å²) in [6, 6.07) is 5.27. The summed E-state index contributed by atoms with van der Waals surface area (Å²) in [5.41, 5.74) is 3.71. The number of nitrogens with zero attached hydrogens (tertiary/aromatic N) is 2. The van der Waals surface area contributed by atoms with E-state index in [1.54, 1.807) is 0 Å². The van der Waals surface area contributed by atoms with Crippen LogP contribution in [-0.4, -0.2) is 34.4 Å². The first-order valence-corrected chi connectivity index (χ1v) is 6.35. The molecule has 0 spiro atoms. The summed E-state index contributed by atoms with van der Waals surface area (Å²) in [7, 11) is 0. The van der Waals surface area contributed by atoms with Crippen molar-refractivity contribution in [3.8, 4) is 0 Å². The van der Waals surface area contributed by atoms with Crippen LogP contribution in [0.15, 0.2) is 42.9 Å². The second-order valence-corrected chi connectivity index (χ2v) is 4.15. The summed E-state index contributed by atoms with van der Waals surface area (Å²) < 4.78 is 18.0. The lowest BCUT2D eigenvalue weighted by molar-refractivity contribution is -0.125. The molecule has 1 aromatic heterocycles. The van der Waals surface area contributed by atoms with E-state index in [1.807, 2.05) is 10.9 Å². The number of carbonyl (C=O) groups excluding carboxylic acids is 3. The second-order valence-electron chi connectivity index (χ2n) is 4.15. The van der Waals surface area contributed by atoms with Gasteiger partial charge in [-0.25, -0.2) is 14.2 Å². The highest BCUT2D eigenvalue weighted by Crippen LogP contribution is 2.05. The molecule has 0 saturated heterocycles. The first kappa shape index (κ1) is 16.0. The number of halogens is 1. The summed E-state index contributed by atoms with van der Waals surface area (Å²) in [6.07, 6.45) is 3.85. The molecule has 0 saturated carbocycles. The van der Waals surface area contributed by atoms with Crippen LogP contribution in [0.3, 0.4) is 0 Å². The molecule has 0 aliphatic rings. The lowest BCUT2D eigenvalue weighted by Gasteiger charge is -2.08. The number of nitrogens with one attached hydrogen (secondary N) is 2. The maximum atomic E-state index is 13.4. The third kappa shape index (κ3) is 4.56. The van der Waals surface area contributed by atoms with Crippen LogP contribution in [0, 0.1) is 5.82 Å². The van der Waals surface area contributed by atoms with E-state index in [-0.39, 0.29) is 11.3 Å². The molecule has 118 valence electrons. The van der Waals surface area contributed by atoms with E-state index in [0.717, 1.165) is 6.07 Å². The summed E-state index contributed by atoms with van der Waals surface area (Å²) >= 11 is 0. The lowest BCUT2D eigenvalue weighted by Crippen LogP contribution is -2.43. The fraction of sp³-hybridized carbons (Fsp3) is 0.0714. The molecule has 1 aromatic carbocycles. The van der Waals surface area contributed by atoms with Gasteiger partial charge in [-0.15, -0.1) is 0 Å². The van der Waals surface area contributed by atoms with Gasteiger partial charge in [0.15, 0.2) is 12.3 Å². The van der Waals surface area contributed by atoms with Crippen molar-refractivity contribution in [1.82, 2.24) is 20.8 Å². The maximum absolute atomic E-state index is 13.4. The number of carbonyl (C=O) groups is 3. The Morgan fingerprint density at radius 1 is 1.13 bits per heavy atom. The monoisotopic (exact) mass is 318 g/mol. The van der Waals surface area contributed by atoms with Crippen molar-refractivity contribution < 1.29 is 23.5 Å². The number of hydrogen-bond acceptors (Lipinski definition) is 6. The van der Waals surface area contributed by atoms with E-state index in [0.29, 0.717) is 0 Å². The largest absolute Gasteiger partial charge is 0.451 e. The predicted octanol–water partition coefficient (Wildman–Crippen LogP) is 0.234. The van der Waals surface area contributed by atoms with Gasteiger partial charge in [-0.05, 0) is 12.1 Å². The third-order valence-corrected chi connectivity index (χ3v) is 2.54. The topological polar surface area (TPSA) is 110 Å². The molecular formula is C14H11FN4O4. The van der Waals surface area contributed by atoms with Crippen LogP contribution in [-0.2, 0) is 9.53 Å². The molecule has 0 unspecified atom stereocenters. The Kier molecular flexibility index (Phi) is 5.29. The molecule has 0 aliphatic heterocycles. The average molecular weight is 318 g/mol. The molecule has 1 heterocycles. The fourth-order valence-electron chi connectivity index (χ4n) is 1.48. The molecule has 0 radical (unpaired) electrons. The minimum absolute atomic E-state index is 0.0595. The molecule has 0 bridgehead atoms. The van der Waals surface area contributed by atoms with Gasteiger partial charge in [-0.3, -0.25) is 25.4 Å². The molecule has 2 amide bonds. The molecule has 0 aliphatic carbocycles. The Morgan fingerprint density at radius 2 is 1.91 bits per heavy atom. The quantitative estimate of drug-likeness (QED) is 0.617. The van der Waals surface area contributed by atoms with Gasteiger partial charge < -0.3 is 4.74 Å². The van der Waals surface area contributed by atoms with Crippen molar-refractivity contribution in [2.75, 3.05) is 6.61 Å². The van der Waals surface area contributed by atoms with Crippen molar-refractivity contribution in [2.45, 2.75) is 0 Å². The van der Waals surface area contributed by atoms with Gasteiger partial charge in [0.25, 0.3) is 11.8 Å². The van der Waals surface area contributed by atoms with Crippen LogP contribution >= 0.6 is 0 Å². The van der Waals surface area contributed by atoms with Crippen molar-refractivity contribution in [2.24, 2.45) is 0 Å². The highest BCUT2D eigenvalue weighted by atomic mass is 19.1. The van der Waals surface area contributed by atoms with Gasteiger partial charge in [0.05, 0.1) is 11.8 Å². The van der Waals surface area contributed by atoms with Gasteiger partial charge >= 0.3 is 5.97 Å². The third-order valence-electron chi connectivity index (χ3n) is 2.54. The first-order chi connectivity index (χ1) is 11.1. The number of benzene rings is 1. The maximum Gasteiger partial charge on any atom is 0.359 e. The molecule has 2 rings (SSSR count). The van der Waals surface area contributed by atoms with Crippen LogP contribution < -0.4 is 10.9 Å². The van der Waals surface area contributed by atoms with E-state index >= 15 is 0 Å². The number of esters is 1. The Balaban J connectivity index is 1.78. The number of amides is 2. The fourth-order valence-corrected chi connectivity index (χ4v) is 1.48. The van der Waals surface area contributed by atoms with E-state index in [1.165, 1.54) is 36.8 Å². The summed E-state index contributed by atoms with van der Waals surface area (Å²) in [6.45, 7) is -0.646. The Bertz CT molecular complexity index is 724. The second kappa shape index (κ2) is 7.59. The smallest absolute Gasteiger partial charge is 0.359 e. The molecule has 23 heavy (non-hydrogen) atoms. The van der Waals surface area contributed by atoms with Crippen LogP contribution in [0.2, 0.25) is 0 Å². The van der Waals surface area contributed by atoms with Crippen molar-refractivity contribution in [3.63, 3.8) is 0 Å². The van der Waals surface area contributed by atoms with Gasteiger partial charge in [-0.2, -0.15) is 0 Å². The number of hydrazine groups is 1. The SMILES string of the molecule is O=C(COC(=O)c1cnccn1)NNC(=O)c1ccccc1F. The lowest BCUT2D eigenvalue weighted by atomic mass is 10.2. The van der Waals surface area contributed by atoms with Gasteiger partial charge in [0, 0.05) is 12.4 Å². The van der Waals surface area contributed by atoms with Gasteiger partial charge in [-0.1, -0.05) is 12.1 Å². The number of hydrogen-bond donors (Lipinski definition) is 2. The van der Waals surface area contributed by atoms with E-state index < -0.39 is 30.2 Å². The minimum Gasteiger partial charge on any atom is -0.451 e. The Labute approximate surface area is 129 Å². The normalized spacial score (nSPS) is 9.78. The Morgan fingerprint density at radius 3 is 2.61 bits per heavy atom. The molecule has 8 nitrogen and oxygen atoms in total. The van der Waals surface area contributed by atoms with Gasteiger partial charge in [0.1, 0.15) is 5.82 Å².